The molecule has 0 bridgehead atoms. The highest BCUT2D eigenvalue weighted by atomic mass is 32.2. The number of benzene rings is 1. The van der Waals surface area contributed by atoms with Crippen LogP contribution in [0.3, 0.4) is 0 Å². The summed E-state index contributed by atoms with van der Waals surface area (Å²) < 4.78 is 4.68. The lowest BCUT2D eigenvalue weighted by molar-refractivity contribution is -0.135. The first-order valence-corrected chi connectivity index (χ1v) is 6.61. The van der Waals surface area contributed by atoms with Crippen LogP contribution in [0.4, 0.5) is 0 Å². The van der Waals surface area contributed by atoms with Crippen molar-refractivity contribution < 1.29 is 9.53 Å². The van der Waals surface area contributed by atoms with Crippen molar-refractivity contribution in [2.75, 3.05) is 13.4 Å². The van der Waals surface area contributed by atoms with Crippen molar-refractivity contribution in [1.29, 1.82) is 0 Å². The fourth-order valence-electron chi connectivity index (χ4n) is 1.15. The predicted molar refractivity (Wildman–Crippen MR) is 76.1 cm³/mol. The van der Waals surface area contributed by atoms with Crippen molar-refractivity contribution in [2.45, 2.75) is 0 Å². The van der Waals surface area contributed by atoms with Gasteiger partial charge in [-0.3, -0.25) is 0 Å². The average Bonchev–Trinajstić information content (AvgIpc) is 2.43. The lowest BCUT2D eigenvalue weighted by Crippen LogP contribution is -2.02. The first-order chi connectivity index (χ1) is 8.77. The summed E-state index contributed by atoms with van der Waals surface area (Å²) in [5, 5.41) is 1.81. The summed E-state index contributed by atoms with van der Waals surface area (Å²) in [4.78, 5) is 11.4. The second-order valence-electron chi connectivity index (χ2n) is 3.27. The number of carbonyl (C=O) groups is 1. The molecule has 0 spiro atoms. The van der Waals surface area contributed by atoms with E-state index < -0.39 is 0 Å². The van der Waals surface area contributed by atoms with E-state index in [4.69, 9.17) is 0 Å². The maximum absolute atomic E-state index is 11.4. The molecule has 18 heavy (non-hydrogen) atoms. The second-order valence-corrected chi connectivity index (χ2v) is 4.01. The van der Waals surface area contributed by atoms with Crippen LogP contribution in [0.1, 0.15) is 5.56 Å². The van der Waals surface area contributed by atoms with Crippen LogP contribution < -0.4 is 0 Å². The Morgan fingerprint density at radius 1 is 1.33 bits per heavy atom. The van der Waals surface area contributed by atoms with E-state index in [1.165, 1.54) is 18.9 Å². The number of rotatable bonds is 3. The molecule has 2 nitrogen and oxygen atoms in total. The van der Waals surface area contributed by atoms with Gasteiger partial charge in [0.25, 0.3) is 0 Å². The molecule has 1 rings (SSSR count). The molecule has 0 heterocycles. The molecule has 0 saturated heterocycles. The molecule has 0 aliphatic carbocycles. The molecule has 1 aromatic carbocycles. The third-order valence-electron chi connectivity index (χ3n) is 2.02. The van der Waals surface area contributed by atoms with E-state index >= 15 is 0 Å². The molecule has 0 unspecified atom stereocenters. The van der Waals surface area contributed by atoms with Crippen molar-refractivity contribution in [3.63, 3.8) is 0 Å². The van der Waals surface area contributed by atoms with Gasteiger partial charge in [-0.1, -0.05) is 30.0 Å². The van der Waals surface area contributed by atoms with Crippen LogP contribution in [0.15, 0.2) is 53.5 Å². The average molecular weight is 258 g/mol. The summed E-state index contributed by atoms with van der Waals surface area (Å²) in [5.41, 5.74) is 1.35. The minimum Gasteiger partial charge on any atom is -0.465 e. The predicted octanol–water partition coefficient (Wildman–Crippen LogP) is 3.01. The Kier molecular flexibility index (Phi) is 6.45. The minimum atomic E-state index is -0.386. The molecular formula is C15H14O2S. The lowest BCUT2D eigenvalue weighted by atomic mass is 10.2. The van der Waals surface area contributed by atoms with Crippen LogP contribution in [0.5, 0.6) is 0 Å². The molecule has 0 aromatic heterocycles. The topological polar surface area (TPSA) is 26.3 Å². The van der Waals surface area contributed by atoms with E-state index in [9.17, 15) is 4.79 Å². The highest BCUT2D eigenvalue weighted by Crippen LogP contribution is 2.04. The molecule has 0 atom stereocenters. The zero-order chi connectivity index (χ0) is 13.2. The molecule has 0 aliphatic heterocycles. The number of ether oxygens (including phenoxy) is 1. The fourth-order valence-corrected chi connectivity index (χ4v) is 1.44. The van der Waals surface area contributed by atoms with Crippen molar-refractivity contribution >= 4 is 17.7 Å². The fraction of sp³-hybridized carbons (Fsp3) is 0.133. The normalized spacial score (nSPS) is 10.9. The van der Waals surface area contributed by atoms with E-state index in [0.29, 0.717) is 5.57 Å². The third-order valence-corrected chi connectivity index (χ3v) is 2.43. The van der Waals surface area contributed by atoms with Crippen LogP contribution in [-0.2, 0) is 9.53 Å². The number of methoxy groups -OCH3 is 1. The van der Waals surface area contributed by atoms with Gasteiger partial charge in [0.1, 0.15) is 0 Å². The van der Waals surface area contributed by atoms with E-state index in [2.05, 4.69) is 16.6 Å². The summed E-state index contributed by atoms with van der Waals surface area (Å²) >= 11 is 1.51. The van der Waals surface area contributed by atoms with Crippen molar-refractivity contribution in [2.24, 2.45) is 0 Å². The third kappa shape index (κ3) is 4.94. The van der Waals surface area contributed by atoms with Gasteiger partial charge in [0.05, 0.1) is 12.7 Å². The van der Waals surface area contributed by atoms with E-state index in [-0.39, 0.29) is 5.97 Å². The number of hydrogen-bond donors (Lipinski definition) is 0. The monoisotopic (exact) mass is 258 g/mol. The van der Waals surface area contributed by atoms with Crippen LogP contribution in [0, 0.1) is 11.8 Å². The van der Waals surface area contributed by atoms with Gasteiger partial charge in [0, 0.05) is 11.6 Å². The number of hydrogen-bond acceptors (Lipinski definition) is 3. The van der Waals surface area contributed by atoms with Crippen LogP contribution >= 0.6 is 11.8 Å². The molecule has 0 amide bonds. The first kappa shape index (κ1) is 14.1. The summed E-state index contributed by atoms with van der Waals surface area (Å²) in [5.74, 6) is 5.42. The molecular weight excluding hydrogens is 244 g/mol. The van der Waals surface area contributed by atoms with Crippen molar-refractivity contribution in [1.82, 2.24) is 0 Å². The Labute approximate surface area is 112 Å². The quantitative estimate of drug-likeness (QED) is 0.361. The number of thioether (sulfide) groups is 1. The number of esters is 1. The Morgan fingerprint density at radius 3 is 2.67 bits per heavy atom. The molecule has 0 fully saturated rings. The standard InChI is InChI=1S/C15H14O2S/c1-17-15(16)14(11-12-18-2)10-6-9-13-7-4-3-5-8-13/h3-5,7-8,10-12H,1-2H3. The molecule has 0 N–H and O–H groups in total. The Bertz CT molecular complexity index is 504. The van der Waals surface area contributed by atoms with Gasteiger partial charge in [-0.15, -0.1) is 11.8 Å². The van der Waals surface area contributed by atoms with Crippen LogP contribution in [0.2, 0.25) is 0 Å². The van der Waals surface area contributed by atoms with Crippen molar-refractivity contribution in [3.05, 3.63) is 59.0 Å². The molecule has 0 saturated carbocycles. The van der Waals surface area contributed by atoms with Gasteiger partial charge < -0.3 is 4.74 Å². The van der Waals surface area contributed by atoms with Gasteiger partial charge in [0.15, 0.2) is 0 Å². The smallest absolute Gasteiger partial charge is 0.338 e. The zero-order valence-corrected chi connectivity index (χ0v) is 11.2. The molecule has 3 heteroatoms. The van der Waals surface area contributed by atoms with Crippen LogP contribution in [0.25, 0.3) is 0 Å². The summed E-state index contributed by atoms with van der Waals surface area (Å²) in [6.45, 7) is 0. The SMILES string of the molecule is COC(=O)C(C=CSC)=CC#Cc1ccccc1. The van der Waals surface area contributed by atoms with Gasteiger partial charge >= 0.3 is 5.97 Å². The van der Waals surface area contributed by atoms with Gasteiger partial charge in [-0.2, -0.15) is 0 Å². The maximum atomic E-state index is 11.4. The minimum absolute atomic E-state index is 0.386. The van der Waals surface area contributed by atoms with Crippen LogP contribution in [-0.4, -0.2) is 19.3 Å². The molecule has 1 aromatic rings. The Balaban J connectivity index is 2.87. The number of allylic oxidation sites excluding steroid dienone is 1. The van der Waals surface area contributed by atoms with E-state index in [1.54, 1.807) is 12.2 Å². The largest absolute Gasteiger partial charge is 0.465 e. The summed E-state index contributed by atoms with van der Waals surface area (Å²) in [6.07, 6.45) is 5.17. The maximum Gasteiger partial charge on any atom is 0.338 e. The van der Waals surface area contributed by atoms with E-state index in [0.717, 1.165) is 5.56 Å². The highest BCUT2D eigenvalue weighted by molar-refractivity contribution is 8.01. The first-order valence-electron chi connectivity index (χ1n) is 5.32. The lowest BCUT2D eigenvalue weighted by Gasteiger charge is -1.96. The molecule has 0 radical (unpaired) electrons. The Morgan fingerprint density at radius 2 is 2.06 bits per heavy atom. The Hall–Kier alpha value is -1.92. The van der Waals surface area contributed by atoms with Gasteiger partial charge in [-0.25, -0.2) is 4.79 Å². The molecule has 92 valence electrons. The van der Waals surface area contributed by atoms with Gasteiger partial charge in [-0.05, 0) is 29.9 Å². The number of carbonyl (C=O) groups excluding carboxylic acids is 1. The van der Waals surface area contributed by atoms with Gasteiger partial charge in [0.2, 0.25) is 0 Å². The zero-order valence-electron chi connectivity index (χ0n) is 10.3. The van der Waals surface area contributed by atoms with Crippen molar-refractivity contribution in [3.8, 4) is 11.8 Å². The molecule has 0 aliphatic rings. The summed E-state index contributed by atoms with van der Waals surface area (Å²) in [7, 11) is 1.35. The second kappa shape index (κ2) is 8.21. The summed E-state index contributed by atoms with van der Waals surface area (Å²) in [6, 6.07) is 9.60. The highest BCUT2D eigenvalue weighted by Gasteiger charge is 2.03. The van der Waals surface area contributed by atoms with E-state index in [1.807, 2.05) is 42.0 Å².